The molecule has 0 rings (SSSR count). The van der Waals surface area contributed by atoms with Crippen LogP contribution >= 0.6 is 0 Å². The Morgan fingerprint density at radius 1 is 1.33 bits per heavy atom. The molecule has 86 valence electrons. The number of azide groups is 1. The van der Waals surface area contributed by atoms with Crippen molar-refractivity contribution in [1.82, 2.24) is 0 Å². The van der Waals surface area contributed by atoms with Crippen molar-refractivity contribution in [3.05, 3.63) is 10.4 Å². The van der Waals surface area contributed by atoms with E-state index in [0.29, 0.717) is 26.2 Å². The molecule has 6 nitrogen and oxygen atoms in total. The van der Waals surface area contributed by atoms with E-state index in [4.69, 9.17) is 10.3 Å². The number of esters is 1. The molecule has 0 heterocycles. The second-order valence-corrected chi connectivity index (χ2v) is 2.95. The first-order valence-corrected chi connectivity index (χ1v) is 4.96. The third kappa shape index (κ3) is 10.7. The fraction of sp³-hybridized carbons (Fsp3) is 0.889. The van der Waals surface area contributed by atoms with Crippen molar-refractivity contribution in [1.29, 1.82) is 0 Å². The molecule has 0 fully saturated rings. The Kier molecular flexibility index (Phi) is 9.91. The van der Waals surface area contributed by atoms with Crippen LogP contribution < -0.4 is 0 Å². The van der Waals surface area contributed by atoms with Crippen molar-refractivity contribution in [3.63, 3.8) is 0 Å². The van der Waals surface area contributed by atoms with Crippen LogP contribution in [0.2, 0.25) is 0 Å². The molecule has 6 heteroatoms. The summed E-state index contributed by atoms with van der Waals surface area (Å²) < 4.78 is 9.69. The number of ether oxygens (including phenoxy) is 2. The lowest BCUT2D eigenvalue weighted by molar-refractivity contribution is -0.140. The molecule has 0 aliphatic carbocycles. The van der Waals surface area contributed by atoms with Gasteiger partial charge in [-0.15, -0.1) is 0 Å². The maximum absolute atomic E-state index is 10.7. The molecule has 0 saturated carbocycles. The highest BCUT2D eigenvalue weighted by Gasteiger charge is 1.98. The van der Waals surface area contributed by atoms with E-state index in [1.807, 2.05) is 0 Å². The Morgan fingerprint density at radius 3 is 2.80 bits per heavy atom. The smallest absolute Gasteiger partial charge is 0.305 e. The number of methoxy groups -OCH3 is 1. The summed E-state index contributed by atoms with van der Waals surface area (Å²) in [5, 5.41) is 3.33. The molecule has 0 radical (unpaired) electrons. The van der Waals surface area contributed by atoms with E-state index in [1.54, 1.807) is 0 Å². The van der Waals surface area contributed by atoms with Gasteiger partial charge >= 0.3 is 5.97 Å². The van der Waals surface area contributed by atoms with E-state index in [9.17, 15) is 4.79 Å². The lowest BCUT2D eigenvalue weighted by Crippen LogP contribution is -2.01. The molecule has 0 N–H and O–H groups in total. The zero-order valence-corrected chi connectivity index (χ0v) is 9.02. The lowest BCUT2D eigenvalue weighted by atomic mass is 10.2. The summed E-state index contributed by atoms with van der Waals surface area (Å²) in [5.74, 6) is -0.167. The van der Waals surface area contributed by atoms with Crippen LogP contribution in [0.3, 0.4) is 0 Å². The zero-order chi connectivity index (χ0) is 11.4. The fourth-order valence-corrected chi connectivity index (χ4v) is 1.00. The van der Waals surface area contributed by atoms with E-state index in [2.05, 4.69) is 14.8 Å². The first-order chi connectivity index (χ1) is 7.31. The average molecular weight is 215 g/mol. The largest absolute Gasteiger partial charge is 0.469 e. The maximum Gasteiger partial charge on any atom is 0.305 e. The van der Waals surface area contributed by atoms with Crippen molar-refractivity contribution in [2.75, 3.05) is 26.9 Å². The Balaban J connectivity index is 3.05. The number of unbranched alkanes of at least 4 members (excludes halogenated alkanes) is 2. The molecule has 0 aromatic rings. The van der Waals surface area contributed by atoms with E-state index < -0.39 is 0 Å². The van der Waals surface area contributed by atoms with Gasteiger partial charge in [0, 0.05) is 24.5 Å². The Bertz CT molecular complexity index is 215. The van der Waals surface area contributed by atoms with Crippen molar-refractivity contribution in [2.24, 2.45) is 5.11 Å². The van der Waals surface area contributed by atoms with Gasteiger partial charge in [-0.3, -0.25) is 4.79 Å². The van der Waals surface area contributed by atoms with Gasteiger partial charge < -0.3 is 9.47 Å². The van der Waals surface area contributed by atoms with Crippen LogP contribution in [-0.4, -0.2) is 32.8 Å². The van der Waals surface area contributed by atoms with Crippen molar-refractivity contribution in [3.8, 4) is 0 Å². The molecule has 0 aliphatic rings. The highest BCUT2D eigenvalue weighted by molar-refractivity contribution is 5.68. The number of nitrogens with zero attached hydrogens (tertiary/aromatic N) is 3. The average Bonchev–Trinajstić information content (AvgIpc) is 2.26. The Morgan fingerprint density at radius 2 is 2.13 bits per heavy atom. The number of carbonyl (C=O) groups excluding carboxylic acids is 1. The highest BCUT2D eigenvalue weighted by atomic mass is 16.5. The summed E-state index contributed by atoms with van der Waals surface area (Å²) in [6, 6.07) is 0. The molecule has 0 aromatic heterocycles. The Hall–Kier alpha value is -1.26. The van der Waals surface area contributed by atoms with Gasteiger partial charge in [0.2, 0.25) is 0 Å². The Labute approximate surface area is 89.2 Å². The first-order valence-electron chi connectivity index (χ1n) is 4.96. The zero-order valence-electron chi connectivity index (χ0n) is 9.02. The molecule has 15 heavy (non-hydrogen) atoms. The van der Waals surface area contributed by atoms with Gasteiger partial charge in [-0.2, -0.15) is 0 Å². The van der Waals surface area contributed by atoms with Crippen LogP contribution in [-0.2, 0) is 14.3 Å². The normalized spacial score (nSPS) is 9.40. The number of rotatable bonds is 9. The minimum Gasteiger partial charge on any atom is -0.469 e. The molecule has 0 amide bonds. The summed E-state index contributed by atoms with van der Waals surface area (Å²) in [6.07, 6.45) is 3.14. The maximum atomic E-state index is 10.7. The molecule has 0 spiro atoms. The molecule has 0 atom stereocenters. The number of carbonyl (C=O) groups is 1. The van der Waals surface area contributed by atoms with Crippen molar-refractivity contribution >= 4 is 5.97 Å². The van der Waals surface area contributed by atoms with Gasteiger partial charge in [-0.25, -0.2) is 0 Å². The minimum atomic E-state index is -0.167. The van der Waals surface area contributed by atoms with Crippen molar-refractivity contribution in [2.45, 2.75) is 25.7 Å². The van der Waals surface area contributed by atoms with Gasteiger partial charge in [0.25, 0.3) is 0 Å². The van der Waals surface area contributed by atoms with Crippen LogP contribution in [0.4, 0.5) is 0 Å². The topological polar surface area (TPSA) is 84.3 Å². The summed E-state index contributed by atoms with van der Waals surface area (Å²) in [6.45, 7) is 1.47. The van der Waals surface area contributed by atoms with Crippen LogP contribution in [0.25, 0.3) is 10.4 Å². The second kappa shape index (κ2) is 10.8. The third-order valence-corrected chi connectivity index (χ3v) is 1.80. The van der Waals surface area contributed by atoms with Crippen LogP contribution in [0.1, 0.15) is 25.7 Å². The molecular formula is C9H17N3O3. The predicted octanol–water partition coefficient (Wildman–Crippen LogP) is 2.05. The van der Waals surface area contributed by atoms with Gasteiger partial charge in [-0.05, 0) is 18.4 Å². The van der Waals surface area contributed by atoms with E-state index in [1.165, 1.54) is 7.11 Å². The van der Waals surface area contributed by atoms with Gasteiger partial charge in [-0.1, -0.05) is 11.5 Å². The standard InChI is InChI=1S/C9H17N3O3/c1-14-9(13)5-3-2-4-7-15-8-6-11-12-10/h2-8H2,1H3. The van der Waals surface area contributed by atoms with Gasteiger partial charge in [0.05, 0.1) is 13.7 Å². The van der Waals surface area contributed by atoms with E-state index >= 15 is 0 Å². The van der Waals surface area contributed by atoms with Crippen LogP contribution in [0.15, 0.2) is 5.11 Å². The van der Waals surface area contributed by atoms with E-state index in [0.717, 1.165) is 19.3 Å². The van der Waals surface area contributed by atoms with Crippen LogP contribution in [0.5, 0.6) is 0 Å². The lowest BCUT2D eigenvalue weighted by Gasteiger charge is -2.01. The van der Waals surface area contributed by atoms with Crippen LogP contribution in [0, 0.1) is 0 Å². The monoisotopic (exact) mass is 215 g/mol. The van der Waals surface area contributed by atoms with Gasteiger partial charge in [0.15, 0.2) is 0 Å². The summed E-state index contributed by atoms with van der Waals surface area (Å²) >= 11 is 0. The highest BCUT2D eigenvalue weighted by Crippen LogP contribution is 2.01. The SMILES string of the molecule is COC(=O)CCCCCOCCN=[N+]=[N-]. The summed E-state index contributed by atoms with van der Waals surface area (Å²) in [7, 11) is 1.39. The molecular weight excluding hydrogens is 198 g/mol. The number of hydrogen-bond acceptors (Lipinski definition) is 4. The second-order valence-electron chi connectivity index (χ2n) is 2.95. The number of hydrogen-bond donors (Lipinski definition) is 0. The molecule has 0 unspecified atom stereocenters. The quantitative estimate of drug-likeness (QED) is 0.194. The molecule has 0 aliphatic heterocycles. The molecule has 0 saturated heterocycles. The van der Waals surface area contributed by atoms with Gasteiger partial charge in [0.1, 0.15) is 0 Å². The molecule has 0 bridgehead atoms. The fourth-order valence-electron chi connectivity index (χ4n) is 1.00. The summed E-state index contributed by atoms with van der Waals surface area (Å²) in [4.78, 5) is 13.3. The van der Waals surface area contributed by atoms with E-state index in [-0.39, 0.29) is 5.97 Å². The molecule has 0 aromatic carbocycles. The third-order valence-electron chi connectivity index (χ3n) is 1.80. The predicted molar refractivity (Wildman–Crippen MR) is 55.3 cm³/mol. The minimum absolute atomic E-state index is 0.167. The first kappa shape index (κ1) is 13.7. The van der Waals surface area contributed by atoms with Crippen molar-refractivity contribution < 1.29 is 14.3 Å². The summed E-state index contributed by atoms with van der Waals surface area (Å²) in [5.41, 5.74) is 7.97.